The zero-order chi connectivity index (χ0) is 12.0. The summed E-state index contributed by atoms with van der Waals surface area (Å²) in [7, 11) is 0. The molecule has 0 aliphatic rings. The van der Waals surface area contributed by atoms with Gasteiger partial charge in [0.15, 0.2) is 0 Å². The number of thiophene rings is 1. The Hall–Kier alpha value is -2.14. The summed E-state index contributed by atoms with van der Waals surface area (Å²) >= 11 is 1.44. The van der Waals surface area contributed by atoms with Crippen molar-refractivity contribution in [1.29, 1.82) is 0 Å². The highest BCUT2D eigenvalue weighted by Gasteiger charge is 2.10. The fourth-order valence-electron chi connectivity index (χ4n) is 1.87. The van der Waals surface area contributed by atoms with Crippen LogP contribution in [0.3, 0.4) is 0 Å². The van der Waals surface area contributed by atoms with Crippen LogP contribution in [0.4, 0.5) is 5.69 Å². The number of nitrogens with zero attached hydrogens (tertiary/aromatic N) is 1. The van der Waals surface area contributed by atoms with E-state index in [0.717, 1.165) is 20.2 Å². The minimum Gasteiger partial charge on any atom is -0.508 e. The Morgan fingerprint density at radius 2 is 1.71 bits per heavy atom. The Labute approximate surface area is 99.9 Å². The van der Waals surface area contributed by atoms with Gasteiger partial charge < -0.3 is 5.11 Å². The fraction of sp³-hybridized carbons (Fsp3) is 0. The predicted molar refractivity (Wildman–Crippen MR) is 67.7 cm³/mol. The second-order valence-corrected chi connectivity index (χ2v) is 4.80. The van der Waals surface area contributed by atoms with Gasteiger partial charge in [-0.15, -0.1) is 11.3 Å². The number of rotatable bonds is 1. The average Bonchev–Trinajstić information content (AvgIpc) is 2.64. The molecule has 1 aromatic heterocycles. The summed E-state index contributed by atoms with van der Waals surface area (Å²) < 4.78 is 1.79. The average molecular weight is 245 g/mol. The van der Waals surface area contributed by atoms with Gasteiger partial charge in [0.25, 0.3) is 5.69 Å². The molecule has 5 heteroatoms. The molecule has 0 saturated carbocycles. The molecule has 2 aromatic carbocycles. The van der Waals surface area contributed by atoms with E-state index in [1.54, 1.807) is 24.3 Å². The molecule has 0 fully saturated rings. The molecular formula is C12H7NO3S. The number of hydrogen-bond acceptors (Lipinski definition) is 4. The molecule has 0 spiro atoms. The number of hydrogen-bond donors (Lipinski definition) is 1. The molecule has 84 valence electrons. The lowest BCUT2D eigenvalue weighted by Gasteiger charge is -1.93. The molecule has 0 aliphatic carbocycles. The molecule has 3 aromatic rings. The third-order valence-corrected chi connectivity index (χ3v) is 3.77. The van der Waals surface area contributed by atoms with Crippen LogP contribution in [-0.2, 0) is 0 Å². The molecule has 0 atom stereocenters. The van der Waals surface area contributed by atoms with E-state index in [2.05, 4.69) is 0 Å². The highest BCUT2D eigenvalue weighted by molar-refractivity contribution is 7.25. The maximum atomic E-state index is 10.7. The van der Waals surface area contributed by atoms with Crippen molar-refractivity contribution in [1.82, 2.24) is 0 Å². The van der Waals surface area contributed by atoms with Crippen molar-refractivity contribution in [2.45, 2.75) is 0 Å². The van der Waals surface area contributed by atoms with Gasteiger partial charge in [-0.25, -0.2) is 0 Å². The van der Waals surface area contributed by atoms with E-state index in [-0.39, 0.29) is 11.4 Å². The Bertz CT molecular complexity index is 748. The second-order valence-electron chi connectivity index (χ2n) is 3.72. The van der Waals surface area contributed by atoms with Crippen LogP contribution in [-0.4, -0.2) is 10.0 Å². The van der Waals surface area contributed by atoms with Crippen molar-refractivity contribution in [3.05, 3.63) is 46.5 Å². The van der Waals surface area contributed by atoms with Crippen molar-refractivity contribution in [3.8, 4) is 5.75 Å². The first-order valence-corrected chi connectivity index (χ1v) is 5.76. The van der Waals surface area contributed by atoms with Crippen molar-refractivity contribution in [2.24, 2.45) is 0 Å². The lowest BCUT2D eigenvalue weighted by Crippen LogP contribution is -1.85. The SMILES string of the molecule is O=[N+]([O-])c1ccc2c(c1)sc1cc(O)ccc12. The summed E-state index contributed by atoms with van der Waals surface area (Å²) in [4.78, 5) is 10.3. The molecule has 17 heavy (non-hydrogen) atoms. The molecular weight excluding hydrogens is 238 g/mol. The van der Waals surface area contributed by atoms with E-state index >= 15 is 0 Å². The number of phenolic OH excluding ortho intramolecular Hbond substituents is 1. The molecule has 0 amide bonds. The van der Waals surface area contributed by atoms with Gasteiger partial charge in [0.05, 0.1) is 4.92 Å². The van der Waals surface area contributed by atoms with E-state index in [1.165, 1.54) is 17.4 Å². The lowest BCUT2D eigenvalue weighted by atomic mass is 10.1. The van der Waals surface area contributed by atoms with Crippen molar-refractivity contribution in [3.63, 3.8) is 0 Å². The number of fused-ring (bicyclic) bond motifs is 3. The van der Waals surface area contributed by atoms with E-state index in [4.69, 9.17) is 0 Å². The first kappa shape index (κ1) is 10.0. The standard InChI is InChI=1S/C12H7NO3S/c14-8-2-4-10-9-3-1-7(13(15)16)5-11(9)17-12(10)6-8/h1-6,14H. The van der Waals surface area contributed by atoms with Crippen molar-refractivity contribution in [2.75, 3.05) is 0 Å². The van der Waals surface area contributed by atoms with Crippen LogP contribution < -0.4 is 0 Å². The Morgan fingerprint density at radius 1 is 1.06 bits per heavy atom. The number of benzene rings is 2. The number of aromatic hydroxyl groups is 1. The third-order valence-electron chi connectivity index (χ3n) is 2.65. The zero-order valence-corrected chi connectivity index (χ0v) is 9.40. The first-order chi connectivity index (χ1) is 8.15. The normalized spacial score (nSPS) is 11.1. The topological polar surface area (TPSA) is 63.4 Å². The summed E-state index contributed by atoms with van der Waals surface area (Å²) in [6.07, 6.45) is 0. The molecule has 0 bridgehead atoms. The minimum atomic E-state index is -0.401. The van der Waals surface area contributed by atoms with E-state index in [1.807, 2.05) is 6.07 Å². The lowest BCUT2D eigenvalue weighted by molar-refractivity contribution is -0.384. The summed E-state index contributed by atoms with van der Waals surface area (Å²) in [5, 5.41) is 22.1. The highest BCUT2D eigenvalue weighted by Crippen LogP contribution is 2.37. The molecule has 0 radical (unpaired) electrons. The second kappa shape index (κ2) is 3.43. The van der Waals surface area contributed by atoms with Gasteiger partial charge in [-0.2, -0.15) is 0 Å². The summed E-state index contributed by atoms with van der Waals surface area (Å²) in [6, 6.07) is 9.94. The van der Waals surface area contributed by atoms with Gasteiger partial charge >= 0.3 is 0 Å². The molecule has 3 rings (SSSR count). The molecule has 4 nitrogen and oxygen atoms in total. The smallest absolute Gasteiger partial charge is 0.270 e. The van der Waals surface area contributed by atoms with Gasteiger partial charge in [0.1, 0.15) is 5.75 Å². The third kappa shape index (κ3) is 1.52. The molecule has 0 saturated heterocycles. The largest absolute Gasteiger partial charge is 0.508 e. The van der Waals surface area contributed by atoms with Crippen molar-refractivity contribution < 1.29 is 10.0 Å². The molecule has 1 N–H and O–H groups in total. The fourth-order valence-corrected chi connectivity index (χ4v) is 3.04. The number of nitro groups is 1. The van der Waals surface area contributed by atoms with E-state index in [0.29, 0.717) is 0 Å². The van der Waals surface area contributed by atoms with Crippen LogP contribution >= 0.6 is 11.3 Å². The van der Waals surface area contributed by atoms with Crippen LogP contribution in [0.25, 0.3) is 20.2 Å². The predicted octanol–water partition coefficient (Wildman–Crippen LogP) is 3.67. The molecule has 1 heterocycles. The Kier molecular flexibility index (Phi) is 2.02. The highest BCUT2D eigenvalue weighted by atomic mass is 32.1. The van der Waals surface area contributed by atoms with Crippen LogP contribution in [0.15, 0.2) is 36.4 Å². The molecule has 0 unspecified atom stereocenters. The van der Waals surface area contributed by atoms with Gasteiger partial charge in [0, 0.05) is 32.3 Å². The van der Waals surface area contributed by atoms with E-state index in [9.17, 15) is 15.2 Å². The quantitative estimate of drug-likeness (QED) is 0.525. The number of nitro benzene ring substituents is 1. The summed E-state index contributed by atoms with van der Waals surface area (Å²) in [5.41, 5.74) is 0.0910. The Morgan fingerprint density at radius 3 is 2.41 bits per heavy atom. The maximum absolute atomic E-state index is 10.7. The number of phenols is 1. The van der Waals surface area contributed by atoms with Gasteiger partial charge in [-0.3, -0.25) is 10.1 Å². The Balaban J connectivity index is 2.38. The minimum absolute atomic E-state index is 0.0910. The van der Waals surface area contributed by atoms with Gasteiger partial charge in [0.2, 0.25) is 0 Å². The summed E-state index contributed by atoms with van der Waals surface area (Å²) in [6.45, 7) is 0. The molecule has 0 aliphatic heterocycles. The van der Waals surface area contributed by atoms with Gasteiger partial charge in [-0.1, -0.05) is 0 Å². The van der Waals surface area contributed by atoms with Crippen LogP contribution in [0.2, 0.25) is 0 Å². The van der Waals surface area contributed by atoms with E-state index < -0.39 is 4.92 Å². The summed E-state index contributed by atoms with van der Waals surface area (Å²) in [5.74, 6) is 0.207. The van der Waals surface area contributed by atoms with Gasteiger partial charge in [-0.05, 0) is 24.3 Å². The van der Waals surface area contributed by atoms with Crippen LogP contribution in [0, 0.1) is 10.1 Å². The van der Waals surface area contributed by atoms with Crippen LogP contribution in [0.1, 0.15) is 0 Å². The van der Waals surface area contributed by atoms with Crippen LogP contribution in [0.5, 0.6) is 5.75 Å². The maximum Gasteiger partial charge on any atom is 0.270 e. The zero-order valence-electron chi connectivity index (χ0n) is 8.58. The monoisotopic (exact) mass is 245 g/mol. The number of non-ortho nitro benzene ring substituents is 1. The first-order valence-electron chi connectivity index (χ1n) is 4.95. The van der Waals surface area contributed by atoms with Crippen molar-refractivity contribution >= 4 is 37.2 Å².